The van der Waals surface area contributed by atoms with Gasteiger partial charge in [-0.3, -0.25) is 0 Å². The van der Waals surface area contributed by atoms with Gasteiger partial charge in [-0.05, 0) is 22.5 Å². The summed E-state index contributed by atoms with van der Waals surface area (Å²) >= 11 is 7.49. The molecule has 0 radical (unpaired) electrons. The molecule has 16 heavy (non-hydrogen) atoms. The monoisotopic (exact) mass is 378 g/mol. The minimum Gasteiger partial charge on any atom is -0.0656 e. The Labute approximate surface area is 118 Å². The van der Waals surface area contributed by atoms with E-state index in [9.17, 15) is 0 Å². The van der Waals surface area contributed by atoms with Crippen LogP contribution in [0.3, 0.4) is 0 Å². The van der Waals surface area contributed by atoms with Crippen LogP contribution in [-0.4, -0.2) is 16.1 Å². The first-order valence-electron chi connectivity index (χ1n) is 5.53. The molecule has 0 aliphatic rings. The molecule has 0 heterocycles. The van der Waals surface area contributed by atoms with Crippen molar-refractivity contribution in [3.63, 3.8) is 0 Å². The molecule has 1 aromatic rings. The molecule has 0 aliphatic heterocycles. The van der Waals surface area contributed by atoms with Gasteiger partial charge in [0.05, 0.1) is 16.1 Å². The first kappa shape index (κ1) is 14.7. The second kappa shape index (κ2) is 4.71. The van der Waals surface area contributed by atoms with E-state index in [4.69, 9.17) is 0 Å². The highest BCUT2D eigenvalue weighted by atomic mass is 79.9. The minimum atomic E-state index is -1.25. The lowest BCUT2D eigenvalue weighted by molar-refractivity contribution is 1.60. The SMILES string of the molecule is C[Si](C)(C)c1cc(Br)c([Si](C)(C)C)cc1Br. The summed E-state index contributed by atoms with van der Waals surface area (Å²) in [5, 5.41) is 3.00. The molecule has 0 spiro atoms. The zero-order valence-corrected chi connectivity index (χ0v) is 16.1. The fraction of sp³-hybridized carbons (Fsp3) is 0.500. The Hall–Kier alpha value is 0.614. The molecule has 1 rings (SSSR count). The molecule has 0 aromatic heterocycles. The Morgan fingerprint density at radius 2 is 0.938 bits per heavy atom. The standard InChI is InChI=1S/C12H20Br2Si2/c1-15(2,3)11-7-10(14)12(8-9(11)13)16(4,5)6/h7-8H,1-6H3. The third-order valence-corrected chi connectivity index (χ3v) is 8.78. The van der Waals surface area contributed by atoms with Gasteiger partial charge in [0.15, 0.2) is 0 Å². The number of halogens is 2. The van der Waals surface area contributed by atoms with Crippen LogP contribution in [0, 0.1) is 0 Å². The van der Waals surface area contributed by atoms with Crippen LogP contribution < -0.4 is 10.4 Å². The lowest BCUT2D eigenvalue weighted by Gasteiger charge is -2.24. The molecule has 0 unspecified atom stereocenters. The highest BCUT2D eigenvalue weighted by Crippen LogP contribution is 2.20. The largest absolute Gasteiger partial charge is 0.0791 e. The summed E-state index contributed by atoms with van der Waals surface area (Å²) in [5.41, 5.74) is 0. The third-order valence-electron chi connectivity index (χ3n) is 2.67. The number of hydrogen-bond acceptors (Lipinski definition) is 0. The van der Waals surface area contributed by atoms with Crippen molar-refractivity contribution < 1.29 is 0 Å². The minimum absolute atomic E-state index is 1.25. The van der Waals surface area contributed by atoms with E-state index in [1.54, 1.807) is 0 Å². The van der Waals surface area contributed by atoms with E-state index in [2.05, 4.69) is 83.3 Å². The molecule has 1 aromatic carbocycles. The zero-order chi connectivity index (χ0) is 12.7. The van der Waals surface area contributed by atoms with Crippen LogP contribution in [-0.2, 0) is 0 Å². The Kier molecular flexibility index (Phi) is 4.32. The maximum Gasteiger partial charge on any atom is 0.0791 e. The molecular formula is C12H20Br2Si2. The van der Waals surface area contributed by atoms with E-state index < -0.39 is 16.1 Å². The molecule has 0 N–H and O–H groups in total. The third kappa shape index (κ3) is 3.31. The van der Waals surface area contributed by atoms with E-state index in [1.165, 1.54) is 19.3 Å². The zero-order valence-electron chi connectivity index (χ0n) is 10.9. The summed E-state index contributed by atoms with van der Waals surface area (Å²) in [6.07, 6.45) is 0. The van der Waals surface area contributed by atoms with Gasteiger partial charge >= 0.3 is 0 Å². The van der Waals surface area contributed by atoms with Crippen LogP contribution in [0.1, 0.15) is 0 Å². The van der Waals surface area contributed by atoms with Crippen molar-refractivity contribution in [3.8, 4) is 0 Å². The Bertz CT molecular complexity index is 361. The van der Waals surface area contributed by atoms with E-state index >= 15 is 0 Å². The van der Waals surface area contributed by atoms with Crippen molar-refractivity contribution in [2.75, 3.05) is 0 Å². The highest BCUT2D eigenvalue weighted by Gasteiger charge is 2.25. The van der Waals surface area contributed by atoms with Gasteiger partial charge in [-0.15, -0.1) is 0 Å². The predicted octanol–water partition coefficient (Wildman–Crippen LogP) is 4.30. The summed E-state index contributed by atoms with van der Waals surface area (Å²) < 4.78 is 2.60. The van der Waals surface area contributed by atoms with Crippen LogP contribution in [0.25, 0.3) is 0 Å². The molecule has 0 atom stereocenters. The van der Waals surface area contributed by atoms with Crippen molar-refractivity contribution >= 4 is 58.4 Å². The normalized spacial score (nSPS) is 13.0. The molecule has 0 amide bonds. The van der Waals surface area contributed by atoms with E-state index in [-0.39, 0.29) is 0 Å². The predicted molar refractivity (Wildman–Crippen MR) is 87.8 cm³/mol. The lowest BCUT2D eigenvalue weighted by atomic mass is 10.4. The van der Waals surface area contributed by atoms with Gasteiger partial charge in [0.25, 0.3) is 0 Å². The van der Waals surface area contributed by atoms with Crippen molar-refractivity contribution in [3.05, 3.63) is 21.1 Å². The highest BCUT2D eigenvalue weighted by molar-refractivity contribution is 9.11. The summed E-state index contributed by atoms with van der Waals surface area (Å²) in [5.74, 6) is 0. The van der Waals surface area contributed by atoms with Crippen LogP contribution in [0.5, 0.6) is 0 Å². The van der Waals surface area contributed by atoms with Gasteiger partial charge < -0.3 is 0 Å². The maximum absolute atomic E-state index is 3.75. The Morgan fingerprint density at radius 3 is 1.12 bits per heavy atom. The van der Waals surface area contributed by atoms with Crippen LogP contribution >= 0.6 is 31.9 Å². The van der Waals surface area contributed by atoms with Gasteiger partial charge in [0.2, 0.25) is 0 Å². The summed E-state index contributed by atoms with van der Waals surface area (Å²) in [6.45, 7) is 14.3. The molecular weight excluding hydrogens is 360 g/mol. The second-order valence-electron chi connectivity index (χ2n) is 6.31. The van der Waals surface area contributed by atoms with Crippen molar-refractivity contribution in [2.45, 2.75) is 39.3 Å². The fourth-order valence-corrected chi connectivity index (χ4v) is 9.11. The number of hydrogen-bond donors (Lipinski definition) is 0. The smallest absolute Gasteiger partial charge is 0.0656 e. The summed E-state index contributed by atoms with van der Waals surface area (Å²) in [7, 11) is -2.51. The molecule has 90 valence electrons. The van der Waals surface area contributed by atoms with Crippen LogP contribution in [0.15, 0.2) is 21.1 Å². The number of benzene rings is 1. The van der Waals surface area contributed by atoms with E-state index in [0.29, 0.717) is 0 Å². The van der Waals surface area contributed by atoms with Crippen LogP contribution in [0.2, 0.25) is 39.3 Å². The molecule has 0 saturated carbocycles. The van der Waals surface area contributed by atoms with Gasteiger partial charge in [0, 0.05) is 8.95 Å². The van der Waals surface area contributed by atoms with Crippen molar-refractivity contribution in [1.82, 2.24) is 0 Å². The first-order chi connectivity index (χ1) is 7.03. The quantitative estimate of drug-likeness (QED) is 0.671. The van der Waals surface area contributed by atoms with Crippen molar-refractivity contribution in [2.24, 2.45) is 0 Å². The molecule has 0 saturated heterocycles. The molecule has 0 aliphatic carbocycles. The summed E-state index contributed by atoms with van der Waals surface area (Å²) in [4.78, 5) is 0. The second-order valence-corrected chi connectivity index (χ2v) is 18.1. The average molecular weight is 380 g/mol. The van der Waals surface area contributed by atoms with E-state index in [0.717, 1.165) is 0 Å². The van der Waals surface area contributed by atoms with E-state index in [1.807, 2.05) is 0 Å². The fourth-order valence-electron chi connectivity index (χ4n) is 1.70. The Morgan fingerprint density at radius 1 is 0.688 bits per heavy atom. The molecule has 0 nitrogen and oxygen atoms in total. The number of rotatable bonds is 2. The molecule has 0 bridgehead atoms. The van der Waals surface area contributed by atoms with Gasteiger partial charge in [-0.2, -0.15) is 0 Å². The van der Waals surface area contributed by atoms with Crippen LogP contribution in [0.4, 0.5) is 0 Å². The van der Waals surface area contributed by atoms with Gasteiger partial charge in [0.1, 0.15) is 0 Å². The summed E-state index contributed by atoms with van der Waals surface area (Å²) in [6, 6.07) is 4.67. The first-order valence-corrected chi connectivity index (χ1v) is 14.1. The topological polar surface area (TPSA) is 0 Å². The Balaban J connectivity index is 3.40. The van der Waals surface area contributed by atoms with Gasteiger partial charge in [-0.1, -0.05) is 71.1 Å². The molecule has 4 heteroatoms. The maximum atomic E-state index is 3.75. The molecule has 0 fully saturated rings. The van der Waals surface area contributed by atoms with Crippen molar-refractivity contribution in [1.29, 1.82) is 0 Å². The van der Waals surface area contributed by atoms with Gasteiger partial charge in [-0.25, -0.2) is 0 Å². The lowest BCUT2D eigenvalue weighted by Crippen LogP contribution is -2.44. The average Bonchev–Trinajstić information content (AvgIpc) is 2.04.